The van der Waals surface area contributed by atoms with E-state index >= 15 is 0 Å². The third kappa shape index (κ3) is 5.04. The number of rotatable bonds is 12. The average Bonchev–Trinajstić information content (AvgIpc) is 3.00. The van der Waals surface area contributed by atoms with Crippen molar-refractivity contribution < 1.29 is 28.2 Å². The molecule has 212 valence electrons. The van der Waals surface area contributed by atoms with Gasteiger partial charge in [0.1, 0.15) is 24.4 Å². The summed E-state index contributed by atoms with van der Waals surface area (Å²) in [7, 11) is 6.66. The molecule has 7 heteroatoms. The van der Waals surface area contributed by atoms with E-state index in [0.717, 1.165) is 64.7 Å². The quantitative estimate of drug-likeness (QED) is 0.202. The number of pyridine rings is 1. The Hall–Kier alpha value is -3.55. The molecule has 0 radical (unpaired) electrons. The molecule has 2 aromatic carbocycles. The lowest BCUT2D eigenvalue weighted by molar-refractivity contribution is -0.985. The minimum absolute atomic E-state index is 0.147. The SMILES string of the molecule is C=CCO[C@H](c1ccnc2ccc(OC)cc12)[C@@H]1CC2CC[N+]1(Cc1cc(OC)c(OC)c(OC)c1)CC2C=C. The van der Waals surface area contributed by atoms with Crippen LogP contribution in [0.5, 0.6) is 23.0 Å². The van der Waals surface area contributed by atoms with Gasteiger partial charge < -0.3 is 28.2 Å². The van der Waals surface area contributed by atoms with Gasteiger partial charge in [-0.25, -0.2) is 0 Å². The predicted molar refractivity (Wildman–Crippen MR) is 157 cm³/mol. The zero-order valence-electron chi connectivity index (χ0n) is 24.1. The fourth-order valence-electron chi connectivity index (χ4n) is 7.06. The molecule has 0 amide bonds. The highest BCUT2D eigenvalue weighted by molar-refractivity contribution is 5.84. The number of quaternary nitrogens is 1. The van der Waals surface area contributed by atoms with Gasteiger partial charge in [0.05, 0.1) is 53.7 Å². The second-order valence-electron chi connectivity index (χ2n) is 10.9. The molecule has 0 N–H and O–H groups in total. The molecule has 40 heavy (non-hydrogen) atoms. The standard InChI is InChI=1S/C33H41N2O5/c1-7-15-40-32(26-11-13-34-28-10-9-25(36-3)19-27(26)28)29-18-24-12-14-35(29,21-23(24)8-2)20-22-16-30(37-4)33(39-6)31(17-22)38-5/h7-11,13,16-17,19,23-24,29,32H,1-2,12,14-15,18,20-21H2,3-6H3/q+1/t23?,24?,29-,32+,35?/m0/s1. The Morgan fingerprint density at radius 1 is 1.00 bits per heavy atom. The van der Waals surface area contributed by atoms with E-state index in [4.69, 9.17) is 23.7 Å². The number of ether oxygens (including phenoxy) is 5. The molecule has 3 aromatic rings. The van der Waals surface area contributed by atoms with Gasteiger partial charge >= 0.3 is 0 Å². The van der Waals surface area contributed by atoms with E-state index in [0.29, 0.717) is 35.7 Å². The van der Waals surface area contributed by atoms with Crippen molar-refractivity contribution in [1.29, 1.82) is 0 Å². The molecule has 5 atom stereocenters. The van der Waals surface area contributed by atoms with Crippen molar-refractivity contribution in [3.8, 4) is 23.0 Å². The Kier molecular flexibility index (Phi) is 8.33. The largest absolute Gasteiger partial charge is 0.497 e. The molecule has 2 bridgehead atoms. The zero-order chi connectivity index (χ0) is 28.3. The Bertz CT molecular complexity index is 1350. The van der Waals surface area contributed by atoms with Crippen LogP contribution < -0.4 is 18.9 Å². The molecule has 4 heterocycles. The van der Waals surface area contributed by atoms with Gasteiger partial charge in [-0.15, -0.1) is 13.2 Å². The first kappa shape index (κ1) is 28.0. The highest BCUT2D eigenvalue weighted by Gasteiger charge is 2.54. The molecule has 0 aliphatic carbocycles. The van der Waals surface area contributed by atoms with Crippen LogP contribution in [0.4, 0.5) is 0 Å². The van der Waals surface area contributed by atoms with Crippen LogP contribution in [-0.2, 0) is 11.3 Å². The molecular formula is C33H41N2O5+. The minimum Gasteiger partial charge on any atom is -0.497 e. The lowest BCUT2D eigenvalue weighted by atomic mass is 9.71. The Balaban J connectivity index is 1.63. The van der Waals surface area contributed by atoms with Crippen molar-refractivity contribution in [3.05, 3.63) is 79.0 Å². The normalized spacial score (nSPS) is 24.4. The maximum Gasteiger partial charge on any atom is 0.203 e. The summed E-state index contributed by atoms with van der Waals surface area (Å²) >= 11 is 0. The van der Waals surface area contributed by atoms with Crippen LogP contribution in [0.25, 0.3) is 10.9 Å². The molecule has 0 spiro atoms. The van der Waals surface area contributed by atoms with Gasteiger partial charge in [-0.1, -0.05) is 12.2 Å². The summed E-state index contributed by atoms with van der Waals surface area (Å²) in [6, 6.07) is 12.6. The summed E-state index contributed by atoms with van der Waals surface area (Å²) < 4.78 is 30.2. The number of hydrogen-bond acceptors (Lipinski definition) is 6. The van der Waals surface area contributed by atoms with Gasteiger partial charge in [-0.3, -0.25) is 4.98 Å². The number of methoxy groups -OCH3 is 4. The molecule has 3 unspecified atom stereocenters. The van der Waals surface area contributed by atoms with Crippen molar-refractivity contribution in [2.24, 2.45) is 11.8 Å². The number of benzene rings is 2. The van der Waals surface area contributed by atoms with Gasteiger partial charge in [0, 0.05) is 35.9 Å². The summed E-state index contributed by atoms with van der Waals surface area (Å²) in [5, 5.41) is 1.06. The summed E-state index contributed by atoms with van der Waals surface area (Å²) in [6.07, 6.45) is 7.96. The van der Waals surface area contributed by atoms with E-state index in [2.05, 4.69) is 48.5 Å². The van der Waals surface area contributed by atoms with Crippen LogP contribution in [0.2, 0.25) is 0 Å². The van der Waals surface area contributed by atoms with E-state index in [-0.39, 0.29) is 12.1 Å². The maximum atomic E-state index is 6.71. The molecule has 3 fully saturated rings. The maximum absolute atomic E-state index is 6.71. The van der Waals surface area contributed by atoms with Crippen molar-refractivity contribution in [3.63, 3.8) is 0 Å². The molecular weight excluding hydrogens is 504 g/mol. The third-order valence-electron chi connectivity index (χ3n) is 8.93. The lowest BCUT2D eigenvalue weighted by Crippen LogP contribution is -2.67. The van der Waals surface area contributed by atoms with Crippen LogP contribution >= 0.6 is 0 Å². The summed E-state index contributed by atoms with van der Waals surface area (Å²) in [6.45, 7) is 11.5. The highest BCUT2D eigenvalue weighted by atomic mass is 16.5. The lowest BCUT2D eigenvalue weighted by Gasteiger charge is -2.58. The summed E-state index contributed by atoms with van der Waals surface area (Å²) in [5.74, 6) is 3.80. The van der Waals surface area contributed by atoms with Gasteiger partial charge in [0.25, 0.3) is 0 Å². The molecule has 7 nitrogen and oxygen atoms in total. The van der Waals surface area contributed by atoms with Crippen LogP contribution in [0.15, 0.2) is 67.9 Å². The third-order valence-corrected chi connectivity index (χ3v) is 8.93. The van der Waals surface area contributed by atoms with E-state index in [1.54, 1.807) is 28.4 Å². The van der Waals surface area contributed by atoms with Crippen molar-refractivity contribution in [2.45, 2.75) is 31.5 Å². The first-order chi connectivity index (χ1) is 19.5. The Labute approximate surface area is 237 Å². The fourth-order valence-corrected chi connectivity index (χ4v) is 7.06. The summed E-state index contributed by atoms with van der Waals surface area (Å²) in [4.78, 5) is 4.65. The Morgan fingerprint density at radius 2 is 1.77 bits per heavy atom. The van der Waals surface area contributed by atoms with Crippen LogP contribution in [0, 0.1) is 11.8 Å². The van der Waals surface area contributed by atoms with E-state index in [1.165, 1.54) is 0 Å². The second-order valence-corrected chi connectivity index (χ2v) is 10.9. The molecule has 3 aliphatic heterocycles. The number of piperidine rings is 3. The average molecular weight is 546 g/mol. The van der Waals surface area contributed by atoms with Crippen LogP contribution in [0.3, 0.4) is 0 Å². The van der Waals surface area contributed by atoms with Crippen molar-refractivity contribution in [2.75, 3.05) is 48.1 Å². The van der Waals surface area contributed by atoms with Gasteiger partial charge in [0.2, 0.25) is 5.75 Å². The number of aromatic nitrogens is 1. The smallest absolute Gasteiger partial charge is 0.203 e. The van der Waals surface area contributed by atoms with Gasteiger partial charge in [0.15, 0.2) is 11.5 Å². The number of nitrogens with zero attached hydrogens (tertiary/aromatic N) is 2. The molecule has 3 saturated heterocycles. The Morgan fingerprint density at radius 3 is 2.42 bits per heavy atom. The van der Waals surface area contributed by atoms with E-state index in [1.807, 2.05) is 24.4 Å². The van der Waals surface area contributed by atoms with Crippen LogP contribution in [0.1, 0.15) is 30.1 Å². The molecule has 0 saturated carbocycles. The predicted octanol–water partition coefficient (Wildman–Crippen LogP) is 6.12. The van der Waals surface area contributed by atoms with Crippen LogP contribution in [-0.4, -0.2) is 63.6 Å². The highest BCUT2D eigenvalue weighted by Crippen LogP contribution is 2.50. The monoisotopic (exact) mass is 545 g/mol. The minimum atomic E-state index is -0.147. The zero-order valence-corrected chi connectivity index (χ0v) is 24.1. The second kappa shape index (κ2) is 11.9. The molecule has 3 aliphatic rings. The fraction of sp³-hybridized carbons (Fsp3) is 0.424. The van der Waals surface area contributed by atoms with E-state index in [9.17, 15) is 0 Å². The van der Waals surface area contributed by atoms with Crippen molar-refractivity contribution >= 4 is 10.9 Å². The number of fused-ring (bicyclic) bond motifs is 4. The molecule has 6 rings (SSSR count). The first-order valence-electron chi connectivity index (χ1n) is 13.9. The topological polar surface area (TPSA) is 59.0 Å². The van der Waals surface area contributed by atoms with Gasteiger partial charge in [-0.2, -0.15) is 0 Å². The van der Waals surface area contributed by atoms with Gasteiger partial charge in [-0.05, 0) is 47.9 Å². The molecule has 1 aromatic heterocycles. The first-order valence-corrected chi connectivity index (χ1v) is 13.9. The van der Waals surface area contributed by atoms with E-state index < -0.39 is 0 Å². The van der Waals surface area contributed by atoms with Crippen molar-refractivity contribution in [1.82, 2.24) is 4.98 Å². The summed E-state index contributed by atoms with van der Waals surface area (Å²) in [5.41, 5.74) is 3.22. The number of hydrogen-bond donors (Lipinski definition) is 0.